The van der Waals surface area contributed by atoms with Crippen molar-refractivity contribution in [2.45, 2.75) is 19.7 Å². The van der Waals surface area contributed by atoms with Crippen molar-refractivity contribution in [3.8, 4) is 0 Å². The lowest BCUT2D eigenvalue weighted by atomic mass is 10.2. The zero-order chi connectivity index (χ0) is 19.7. The summed E-state index contributed by atoms with van der Waals surface area (Å²) in [6.45, 7) is 3.43. The van der Waals surface area contributed by atoms with Crippen LogP contribution in [0.3, 0.4) is 0 Å². The summed E-state index contributed by atoms with van der Waals surface area (Å²) in [6.07, 6.45) is 3.62. The van der Waals surface area contributed by atoms with Gasteiger partial charge in [-0.3, -0.25) is 19.9 Å². The van der Waals surface area contributed by atoms with Crippen LogP contribution in [0.25, 0.3) is 10.9 Å². The molecule has 0 atom stereocenters. The summed E-state index contributed by atoms with van der Waals surface area (Å²) < 4.78 is 5.85. The summed E-state index contributed by atoms with van der Waals surface area (Å²) in [5.41, 5.74) is 4.05. The minimum atomic E-state index is 0.520. The first-order valence-electron chi connectivity index (χ1n) is 9.81. The number of nitrogens with zero attached hydrogens (tertiary/aromatic N) is 4. The number of benzene rings is 1. The van der Waals surface area contributed by atoms with Crippen LogP contribution in [0, 0.1) is 0 Å². The van der Waals surface area contributed by atoms with Gasteiger partial charge in [0.15, 0.2) is 0 Å². The zero-order valence-corrected chi connectivity index (χ0v) is 16.3. The number of fused-ring (bicyclic) bond motifs is 1. The average Bonchev–Trinajstić information content (AvgIpc) is 2.78. The van der Waals surface area contributed by atoms with Gasteiger partial charge in [-0.05, 0) is 36.4 Å². The van der Waals surface area contributed by atoms with Gasteiger partial charge in [-0.2, -0.15) is 0 Å². The van der Waals surface area contributed by atoms with Crippen LogP contribution in [0.15, 0.2) is 85.2 Å². The Hall–Kier alpha value is -3.15. The SMILES string of the molecule is c1ccc(COCCN(Cc2ccccn2)Cc2ccc3ccccc3n2)nc1. The molecule has 4 aromatic rings. The van der Waals surface area contributed by atoms with Crippen LogP contribution in [0.5, 0.6) is 0 Å². The molecule has 0 aliphatic carbocycles. The zero-order valence-electron chi connectivity index (χ0n) is 16.3. The van der Waals surface area contributed by atoms with E-state index in [0.717, 1.165) is 47.6 Å². The Morgan fingerprint density at radius 2 is 1.41 bits per heavy atom. The molecule has 0 amide bonds. The molecule has 0 aliphatic heterocycles. The maximum Gasteiger partial charge on any atom is 0.0888 e. The normalized spacial score (nSPS) is 11.2. The molecular formula is C24H24N4O. The van der Waals surface area contributed by atoms with Gasteiger partial charge in [0, 0.05) is 37.4 Å². The Kier molecular flexibility index (Phi) is 6.53. The van der Waals surface area contributed by atoms with E-state index in [1.807, 2.05) is 48.7 Å². The standard InChI is InChI=1S/C24H24N4O/c1-2-10-24-20(7-1)11-12-22(27-24)18-28(17-21-8-3-5-13-25-21)15-16-29-19-23-9-4-6-14-26-23/h1-14H,15-19H2. The van der Waals surface area contributed by atoms with E-state index >= 15 is 0 Å². The fourth-order valence-electron chi connectivity index (χ4n) is 3.21. The van der Waals surface area contributed by atoms with E-state index in [2.05, 4.69) is 45.2 Å². The number of aromatic nitrogens is 3. The Morgan fingerprint density at radius 3 is 2.21 bits per heavy atom. The number of para-hydroxylation sites is 1. The quantitative estimate of drug-likeness (QED) is 0.404. The van der Waals surface area contributed by atoms with Gasteiger partial charge in [-0.1, -0.05) is 36.4 Å². The topological polar surface area (TPSA) is 51.1 Å². The van der Waals surface area contributed by atoms with Crippen molar-refractivity contribution in [1.82, 2.24) is 19.9 Å². The molecule has 0 aliphatic rings. The van der Waals surface area contributed by atoms with Gasteiger partial charge in [0.05, 0.1) is 35.8 Å². The molecule has 146 valence electrons. The van der Waals surface area contributed by atoms with Crippen molar-refractivity contribution in [2.75, 3.05) is 13.2 Å². The first-order valence-corrected chi connectivity index (χ1v) is 9.81. The maximum absolute atomic E-state index is 5.85. The van der Waals surface area contributed by atoms with Crippen molar-refractivity contribution < 1.29 is 4.74 Å². The second-order valence-electron chi connectivity index (χ2n) is 6.90. The lowest BCUT2D eigenvalue weighted by Gasteiger charge is -2.21. The number of hydrogen-bond acceptors (Lipinski definition) is 5. The Bertz CT molecular complexity index is 1020. The smallest absolute Gasteiger partial charge is 0.0888 e. The molecule has 0 spiro atoms. The lowest BCUT2D eigenvalue weighted by molar-refractivity contribution is 0.0852. The Labute approximate surface area is 171 Å². The van der Waals surface area contributed by atoms with Crippen LogP contribution >= 0.6 is 0 Å². The van der Waals surface area contributed by atoms with Gasteiger partial charge in [0.2, 0.25) is 0 Å². The average molecular weight is 384 g/mol. The molecule has 0 saturated carbocycles. The van der Waals surface area contributed by atoms with Crippen LogP contribution in [0.2, 0.25) is 0 Å². The molecule has 0 fully saturated rings. The predicted molar refractivity (Wildman–Crippen MR) is 114 cm³/mol. The van der Waals surface area contributed by atoms with E-state index in [1.54, 1.807) is 6.20 Å². The highest BCUT2D eigenvalue weighted by Gasteiger charge is 2.10. The van der Waals surface area contributed by atoms with E-state index in [1.165, 1.54) is 0 Å². The third kappa shape index (κ3) is 5.67. The summed E-state index contributed by atoms with van der Waals surface area (Å²) in [5.74, 6) is 0. The van der Waals surface area contributed by atoms with Gasteiger partial charge >= 0.3 is 0 Å². The van der Waals surface area contributed by atoms with Crippen LogP contribution in [-0.2, 0) is 24.4 Å². The van der Waals surface area contributed by atoms with Crippen molar-refractivity contribution in [1.29, 1.82) is 0 Å². The summed E-state index contributed by atoms with van der Waals surface area (Å²) in [7, 11) is 0. The first-order chi connectivity index (χ1) is 14.4. The first kappa shape index (κ1) is 19.2. The van der Waals surface area contributed by atoms with Gasteiger partial charge < -0.3 is 4.74 Å². The largest absolute Gasteiger partial charge is 0.374 e. The third-order valence-electron chi connectivity index (χ3n) is 4.68. The molecule has 0 bridgehead atoms. The molecule has 29 heavy (non-hydrogen) atoms. The van der Waals surface area contributed by atoms with Gasteiger partial charge in [0.25, 0.3) is 0 Å². The van der Waals surface area contributed by atoms with E-state index in [0.29, 0.717) is 13.2 Å². The fourth-order valence-corrected chi connectivity index (χ4v) is 3.21. The van der Waals surface area contributed by atoms with E-state index in [4.69, 9.17) is 9.72 Å². The fraction of sp³-hybridized carbons (Fsp3) is 0.208. The Balaban J connectivity index is 1.41. The molecule has 1 aromatic carbocycles. The molecule has 3 heterocycles. The number of pyridine rings is 3. The summed E-state index contributed by atoms with van der Waals surface area (Å²) in [4.78, 5) is 15.9. The second kappa shape index (κ2) is 9.87. The van der Waals surface area contributed by atoms with Crippen LogP contribution in [0.1, 0.15) is 17.1 Å². The Morgan fingerprint density at radius 1 is 0.690 bits per heavy atom. The molecule has 0 N–H and O–H groups in total. The van der Waals surface area contributed by atoms with E-state index in [-0.39, 0.29) is 0 Å². The predicted octanol–water partition coefficient (Wildman–Crippen LogP) is 4.24. The summed E-state index contributed by atoms with van der Waals surface area (Å²) >= 11 is 0. The third-order valence-corrected chi connectivity index (χ3v) is 4.68. The highest BCUT2D eigenvalue weighted by atomic mass is 16.5. The van der Waals surface area contributed by atoms with Gasteiger partial charge in [-0.15, -0.1) is 0 Å². The summed E-state index contributed by atoms with van der Waals surface area (Å²) in [6, 6.07) is 24.3. The van der Waals surface area contributed by atoms with Crippen molar-refractivity contribution in [3.05, 3.63) is 102 Å². The minimum Gasteiger partial charge on any atom is -0.374 e. The highest BCUT2D eigenvalue weighted by Crippen LogP contribution is 2.14. The monoisotopic (exact) mass is 384 g/mol. The molecule has 0 unspecified atom stereocenters. The molecular weight excluding hydrogens is 360 g/mol. The van der Waals surface area contributed by atoms with Gasteiger partial charge in [-0.25, -0.2) is 0 Å². The minimum absolute atomic E-state index is 0.520. The van der Waals surface area contributed by atoms with Crippen molar-refractivity contribution in [3.63, 3.8) is 0 Å². The van der Waals surface area contributed by atoms with Crippen LogP contribution in [0.4, 0.5) is 0 Å². The number of rotatable bonds is 9. The van der Waals surface area contributed by atoms with Crippen molar-refractivity contribution >= 4 is 10.9 Å². The second-order valence-corrected chi connectivity index (χ2v) is 6.90. The molecule has 0 radical (unpaired) electrons. The molecule has 3 aromatic heterocycles. The molecule has 5 heteroatoms. The number of hydrogen-bond donors (Lipinski definition) is 0. The van der Waals surface area contributed by atoms with E-state index < -0.39 is 0 Å². The molecule has 0 saturated heterocycles. The van der Waals surface area contributed by atoms with Crippen LogP contribution < -0.4 is 0 Å². The maximum atomic E-state index is 5.85. The number of ether oxygens (including phenoxy) is 1. The highest BCUT2D eigenvalue weighted by molar-refractivity contribution is 5.78. The lowest BCUT2D eigenvalue weighted by Crippen LogP contribution is -2.27. The summed E-state index contributed by atoms with van der Waals surface area (Å²) in [5, 5.41) is 1.16. The van der Waals surface area contributed by atoms with Crippen LogP contribution in [-0.4, -0.2) is 33.0 Å². The molecule has 5 nitrogen and oxygen atoms in total. The van der Waals surface area contributed by atoms with E-state index in [9.17, 15) is 0 Å². The van der Waals surface area contributed by atoms with Crippen molar-refractivity contribution in [2.24, 2.45) is 0 Å². The molecule has 4 rings (SSSR count). The van der Waals surface area contributed by atoms with Gasteiger partial charge in [0.1, 0.15) is 0 Å².